The minimum absolute atomic E-state index is 0.0424. The molecule has 6 N–H and O–H groups in total. The van der Waals surface area contributed by atoms with E-state index in [0.717, 1.165) is 0 Å². The molecule has 0 bridgehead atoms. The molecule has 18 heteroatoms. The number of carbonyl (C=O) groups is 6. The summed E-state index contributed by atoms with van der Waals surface area (Å²) in [6.45, 7) is 4.01. The summed E-state index contributed by atoms with van der Waals surface area (Å²) in [6, 6.07) is 0. The number of carbonyl (C=O) groups excluding carboxylic acids is 4. The van der Waals surface area contributed by atoms with E-state index in [0.29, 0.717) is 82.4 Å². The van der Waals surface area contributed by atoms with Crippen molar-refractivity contribution < 1.29 is 39.0 Å². The quantitative estimate of drug-likeness (QED) is 0.0687. The zero-order valence-corrected chi connectivity index (χ0v) is 38.6. The van der Waals surface area contributed by atoms with E-state index in [2.05, 4.69) is 21.3 Å². The fourth-order valence-corrected chi connectivity index (χ4v) is 12.9. The van der Waals surface area contributed by atoms with Crippen LogP contribution in [0.3, 0.4) is 0 Å². The number of hydrogen-bond donors (Lipinski definition) is 6. The number of halogens is 6. The molecule has 0 unspecified atom stereocenters. The molecule has 0 aliphatic heterocycles. The van der Waals surface area contributed by atoms with Gasteiger partial charge in [0, 0.05) is 64.2 Å². The Bertz CT molecular complexity index is 1500. The van der Waals surface area contributed by atoms with E-state index >= 15 is 0 Å². The molecule has 0 saturated carbocycles. The summed E-state index contributed by atoms with van der Waals surface area (Å²) < 4.78 is 2.96. The molecule has 0 aliphatic rings. The van der Waals surface area contributed by atoms with Gasteiger partial charge in [0.1, 0.15) is 0 Å². The Hall–Kier alpha value is -0.360. The van der Waals surface area contributed by atoms with Gasteiger partial charge in [-0.3, -0.25) is 19.2 Å². The van der Waals surface area contributed by atoms with Crippen LogP contribution >= 0.6 is 136 Å². The normalized spacial score (nSPS) is 10.8. The Morgan fingerprint density at radius 1 is 0.500 bits per heavy atom. The molecule has 0 aromatic heterocycles. The molecule has 0 saturated heterocycles. The highest BCUT2D eigenvalue weighted by molar-refractivity contribution is 14.1. The number of carboxylic acids is 2. The summed E-state index contributed by atoms with van der Waals surface area (Å²) in [5.41, 5.74) is 2.00. The van der Waals surface area contributed by atoms with Gasteiger partial charge in [0.15, 0.2) is 0 Å². The van der Waals surface area contributed by atoms with Crippen molar-refractivity contribution in [1.29, 1.82) is 0 Å². The van der Waals surface area contributed by atoms with Crippen LogP contribution in [0, 0.1) is 21.4 Å². The van der Waals surface area contributed by atoms with Crippen LogP contribution in [0.15, 0.2) is 0 Å². The average Bonchev–Trinajstić information content (AvgIpc) is 2.99. The highest BCUT2D eigenvalue weighted by atomic mass is 127. The lowest BCUT2D eigenvalue weighted by molar-refractivity contribution is -0.122. The number of anilines is 2. The molecule has 2 rings (SSSR count). The van der Waals surface area contributed by atoms with Gasteiger partial charge in [-0.05, 0) is 161 Å². The Labute approximate surface area is 359 Å². The van der Waals surface area contributed by atoms with Crippen LogP contribution in [0.4, 0.5) is 11.4 Å². The summed E-state index contributed by atoms with van der Waals surface area (Å²) in [7, 11) is 0. The standard InChI is InChI=1S/C30H32I6N4O8/c1-3-7-15(41)37-11-13-21(31)19(29(45)46)25(35)27(23(13)33)39-17(43)9-5-6-10-18(44)40-28-24(34)14(12-38-16(42)8-4-2)22(32)20(26(28)36)30(47)48/h3-12H2,1-2H3,(H,37,41)(H,38,42)(H,39,43)(H,40,44)(H,45,46)(H,47,48). The molecule has 0 fully saturated rings. The number of nitrogens with one attached hydrogen (secondary N) is 4. The third kappa shape index (κ3) is 12.1. The Morgan fingerprint density at radius 3 is 1.12 bits per heavy atom. The second kappa shape index (κ2) is 21.2. The molecule has 0 spiro atoms. The van der Waals surface area contributed by atoms with Crippen LogP contribution in [-0.2, 0) is 32.3 Å². The van der Waals surface area contributed by atoms with E-state index in [1.165, 1.54) is 0 Å². The first-order chi connectivity index (χ1) is 22.6. The maximum Gasteiger partial charge on any atom is 0.337 e. The Kier molecular flexibility index (Phi) is 19.4. The molecule has 2 aromatic rings. The molecule has 0 heterocycles. The lowest BCUT2D eigenvalue weighted by Crippen LogP contribution is -2.25. The Balaban J connectivity index is 2.13. The lowest BCUT2D eigenvalue weighted by Gasteiger charge is -2.19. The number of aromatic carboxylic acids is 2. The molecule has 48 heavy (non-hydrogen) atoms. The number of hydrogen-bond acceptors (Lipinski definition) is 6. The molecule has 12 nitrogen and oxygen atoms in total. The van der Waals surface area contributed by atoms with Gasteiger partial charge in [-0.15, -0.1) is 0 Å². The number of amides is 4. The number of carboxylic acid groups (broad SMARTS) is 2. The predicted molar refractivity (Wildman–Crippen MR) is 232 cm³/mol. The fourth-order valence-electron chi connectivity index (χ4n) is 4.32. The van der Waals surface area contributed by atoms with E-state index < -0.39 is 11.9 Å². The molecule has 0 aliphatic carbocycles. The van der Waals surface area contributed by atoms with E-state index in [-0.39, 0.29) is 60.7 Å². The lowest BCUT2D eigenvalue weighted by atomic mass is 10.1. The van der Waals surface area contributed by atoms with Crippen LogP contribution in [0.25, 0.3) is 0 Å². The van der Waals surface area contributed by atoms with Gasteiger partial charge in [0.25, 0.3) is 0 Å². The van der Waals surface area contributed by atoms with Gasteiger partial charge in [0.2, 0.25) is 23.6 Å². The number of rotatable bonds is 17. The molecule has 0 atom stereocenters. The van der Waals surface area contributed by atoms with Crippen molar-refractivity contribution in [1.82, 2.24) is 10.6 Å². The van der Waals surface area contributed by atoms with Crippen LogP contribution in [0.5, 0.6) is 0 Å². The first-order valence-corrected chi connectivity index (χ1v) is 21.0. The van der Waals surface area contributed by atoms with Crippen molar-refractivity contribution in [2.75, 3.05) is 10.6 Å². The van der Waals surface area contributed by atoms with Gasteiger partial charge in [0.05, 0.1) is 29.6 Å². The topological polar surface area (TPSA) is 191 Å². The van der Waals surface area contributed by atoms with E-state index in [9.17, 15) is 39.0 Å². The second-order valence-corrected chi connectivity index (χ2v) is 16.8. The smallest absolute Gasteiger partial charge is 0.337 e. The second-order valence-electron chi connectivity index (χ2n) is 10.3. The highest BCUT2D eigenvalue weighted by Gasteiger charge is 2.27. The molecular weight excluding hydrogens is 1310 g/mol. The van der Waals surface area contributed by atoms with Crippen molar-refractivity contribution in [3.8, 4) is 0 Å². The van der Waals surface area contributed by atoms with Crippen molar-refractivity contribution in [3.63, 3.8) is 0 Å². The molecule has 262 valence electrons. The zero-order chi connectivity index (χ0) is 36.3. The maximum absolute atomic E-state index is 13.0. The van der Waals surface area contributed by atoms with Crippen LogP contribution < -0.4 is 21.3 Å². The SMILES string of the molecule is CCCC(=O)NCc1c(I)c(NC(=O)CCCCC(=O)Nc2c(I)c(CNC(=O)CCC)c(I)c(C(=O)O)c2I)c(I)c(C(=O)O)c1I. The molecular formula is C30H32I6N4O8. The van der Waals surface area contributed by atoms with Gasteiger partial charge in [-0.2, -0.15) is 0 Å². The molecule has 2 aromatic carbocycles. The van der Waals surface area contributed by atoms with Crippen LogP contribution in [0.1, 0.15) is 97.1 Å². The summed E-state index contributed by atoms with van der Waals surface area (Å²) in [6.07, 6.45) is 2.89. The minimum atomic E-state index is -1.15. The number of benzene rings is 2. The van der Waals surface area contributed by atoms with E-state index in [4.69, 9.17) is 0 Å². The van der Waals surface area contributed by atoms with Crippen molar-refractivity contribution in [2.24, 2.45) is 0 Å². The van der Waals surface area contributed by atoms with Gasteiger partial charge >= 0.3 is 11.9 Å². The minimum Gasteiger partial charge on any atom is -0.478 e. The number of unbranched alkanes of at least 4 members (excludes halogenated alkanes) is 1. The first-order valence-electron chi connectivity index (χ1n) is 14.5. The summed E-state index contributed by atoms with van der Waals surface area (Å²) in [5, 5.41) is 31.1. The monoisotopic (exact) mass is 1340 g/mol. The summed E-state index contributed by atoms with van der Waals surface area (Å²) in [5.74, 6) is -3.31. The zero-order valence-electron chi connectivity index (χ0n) is 25.7. The maximum atomic E-state index is 13.0. The van der Waals surface area contributed by atoms with E-state index in [1.807, 2.05) is 149 Å². The largest absolute Gasteiger partial charge is 0.478 e. The fraction of sp³-hybridized carbons (Fsp3) is 0.400. The summed E-state index contributed by atoms with van der Waals surface area (Å²) >= 11 is 11.8. The van der Waals surface area contributed by atoms with E-state index in [1.54, 1.807) is 0 Å². The van der Waals surface area contributed by atoms with Crippen LogP contribution in [-0.4, -0.2) is 45.8 Å². The average molecular weight is 1340 g/mol. The molecule has 0 radical (unpaired) electrons. The first kappa shape index (κ1) is 43.8. The highest BCUT2D eigenvalue weighted by Crippen LogP contribution is 2.37. The van der Waals surface area contributed by atoms with Crippen molar-refractivity contribution >= 4 is 182 Å². The Morgan fingerprint density at radius 2 is 0.833 bits per heavy atom. The third-order valence-electron chi connectivity index (χ3n) is 6.71. The molecule has 4 amide bonds. The van der Waals surface area contributed by atoms with Gasteiger partial charge in [-0.1, -0.05) is 13.8 Å². The third-order valence-corrected chi connectivity index (χ3v) is 13.6. The van der Waals surface area contributed by atoms with Crippen LogP contribution in [0.2, 0.25) is 0 Å². The van der Waals surface area contributed by atoms with Gasteiger partial charge < -0.3 is 31.5 Å². The van der Waals surface area contributed by atoms with Crippen molar-refractivity contribution in [3.05, 3.63) is 43.7 Å². The van der Waals surface area contributed by atoms with Crippen molar-refractivity contribution in [2.45, 2.75) is 78.3 Å². The van der Waals surface area contributed by atoms with Gasteiger partial charge in [-0.25, -0.2) is 9.59 Å². The summed E-state index contributed by atoms with van der Waals surface area (Å²) in [4.78, 5) is 74.3. The predicted octanol–water partition coefficient (Wildman–Crippen LogP) is 7.68.